The Balaban J connectivity index is 3.31. The summed E-state index contributed by atoms with van der Waals surface area (Å²) in [4.78, 5) is 5.09. The normalized spacial score (nSPS) is 14.3. The molecule has 1 unspecified atom stereocenters. The molecule has 1 aromatic rings. The molecule has 0 radical (unpaired) electrons. The quantitative estimate of drug-likeness (QED) is 0.375. The number of benzene rings is 1. The Labute approximate surface area is 110 Å². The summed E-state index contributed by atoms with van der Waals surface area (Å²) in [5.41, 5.74) is 1.14. The fourth-order valence-corrected chi connectivity index (χ4v) is 2.37. The van der Waals surface area contributed by atoms with Crippen LogP contribution >= 0.6 is 0 Å². The highest BCUT2D eigenvalue weighted by atomic mass is 16.6. The van der Waals surface area contributed by atoms with Crippen molar-refractivity contribution in [3.8, 4) is 0 Å². The first-order valence-corrected chi connectivity index (χ1v) is 6.72. The van der Waals surface area contributed by atoms with E-state index in [1.54, 1.807) is 0 Å². The Hall–Kier alpha value is -1.35. The largest absolute Gasteiger partial charge is 0.360 e. The van der Waals surface area contributed by atoms with Gasteiger partial charge in [0.05, 0.1) is 6.42 Å². The van der Waals surface area contributed by atoms with Gasteiger partial charge in [0.1, 0.15) is 0 Å². The highest BCUT2D eigenvalue weighted by Gasteiger charge is 2.29. The van der Waals surface area contributed by atoms with E-state index < -0.39 is 0 Å². The van der Waals surface area contributed by atoms with Crippen molar-refractivity contribution < 1.29 is 9.41 Å². The van der Waals surface area contributed by atoms with Gasteiger partial charge in [-0.1, -0.05) is 45.9 Å². The predicted molar refractivity (Wildman–Crippen MR) is 75.8 cm³/mol. The molecule has 100 valence electrons. The minimum atomic E-state index is 0.394. The highest BCUT2D eigenvalue weighted by molar-refractivity contribution is 5.71. The van der Waals surface area contributed by atoms with Crippen molar-refractivity contribution in [3.05, 3.63) is 30.3 Å². The van der Waals surface area contributed by atoms with Gasteiger partial charge in [-0.2, -0.15) is 10.5 Å². The lowest BCUT2D eigenvalue weighted by atomic mass is 10.0. The molecule has 0 aliphatic carbocycles. The molecule has 0 spiro atoms. The third kappa shape index (κ3) is 3.33. The molecule has 2 N–H and O–H groups in total. The van der Waals surface area contributed by atoms with E-state index in [-0.39, 0.29) is 0 Å². The zero-order valence-electron chi connectivity index (χ0n) is 11.9. The minimum Gasteiger partial charge on any atom is -0.355 e. The van der Waals surface area contributed by atoms with E-state index in [4.69, 9.17) is 10.7 Å². The van der Waals surface area contributed by atoms with Crippen molar-refractivity contribution >= 4 is 11.6 Å². The van der Waals surface area contributed by atoms with Crippen LogP contribution in [-0.2, 0) is 4.84 Å². The second kappa shape index (κ2) is 7.17. The van der Waals surface area contributed by atoms with Crippen LogP contribution in [0.15, 0.2) is 30.3 Å². The summed E-state index contributed by atoms with van der Waals surface area (Å²) in [6.07, 6.45) is 1.84. The SMILES string of the molecule is CC/C(ON)=[N+](\c1ccccc1)C(CC)C(C)C. The third-order valence-corrected chi connectivity index (χ3v) is 3.26. The topological polar surface area (TPSA) is 38.3 Å². The lowest BCUT2D eigenvalue weighted by Crippen LogP contribution is -2.34. The Morgan fingerprint density at radius 1 is 1.22 bits per heavy atom. The van der Waals surface area contributed by atoms with E-state index in [1.807, 2.05) is 18.2 Å². The molecule has 0 saturated carbocycles. The molecular weight excluding hydrogens is 224 g/mol. The maximum absolute atomic E-state index is 5.44. The van der Waals surface area contributed by atoms with Crippen molar-refractivity contribution in [2.75, 3.05) is 0 Å². The van der Waals surface area contributed by atoms with Crippen LogP contribution in [0.25, 0.3) is 0 Å². The highest BCUT2D eigenvalue weighted by Crippen LogP contribution is 2.21. The number of rotatable bonds is 5. The second-order valence-corrected chi connectivity index (χ2v) is 4.79. The molecule has 0 aromatic heterocycles. The molecule has 0 amide bonds. The van der Waals surface area contributed by atoms with Crippen LogP contribution in [-0.4, -0.2) is 16.5 Å². The molecular formula is C15H25N2O+. The Bertz CT molecular complexity index is 379. The lowest BCUT2D eigenvalue weighted by molar-refractivity contribution is -0.505. The molecule has 3 heteroatoms. The van der Waals surface area contributed by atoms with Gasteiger partial charge in [-0.25, -0.2) is 0 Å². The van der Waals surface area contributed by atoms with Crippen LogP contribution in [0.2, 0.25) is 0 Å². The second-order valence-electron chi connectivity index (χ2n) is 4.79. The van der Waals surface area contributed by atoms with Crippen LogP contribution in [0.3, 0.4) is 0 Å². The van der Waals surface area contributed by atoms with Gasteiger partial charge in [0.2, 0.25) is 5.69 Å². The van der Waals surface area contributed by atoms with Crippen LogP contribution in [0.5, 0.6) is 0 Å². The van der Waals surface area contributed by atoms with Crippen molar-refractivity contribution in [2.45, 2.75) is 46.6 Å². The number of para-hydroxylation sites is 1. The van der Waals surface area contributed by atoms with Crippen molar-refractivity contribution in [1.29, 1.82) is 0 Å². The lowest BCUT2D eigenvalue weighted by Gasteiger charge is -2.19. The summed E-state index contributed by atoms with van der Waals surface area (Å²) >= 11 is 0. The number of hydrogen-bond donors (Lipinski definition) is 1. The van der Waals surface area contributed by atoms with Crippen LogP contribution in [0.1, 0.15) is 40.5 Å². The summed E-state index contributed by atoms with van der Waals surface area (Å²) in [6.45, 7) is 8.72. The number of nitrogens with zero attached hydrogens (tertiary/aromatic N) is 1. The monoisotopic (exact) mass is 249 g/mol. The standard InChI is InChI=1S/C15H25N2O/c1-5-14(12(3)4)17(15(6-2)18-16)13-10-8-7-9-11-13/h7-12,14H,5-6,16H2,1-4H3/q+1/b17-15-. The van der Waals surface area contributed by atoms with E-state index in [9.17, 15) is 0 Å². The van der Waals surface area contributed by atoms with E-state index >= 15 is 0 Å². The molecule has 0 aliphatic rings. The van der Waals surface area contributed by atoms with E-state index in [2.05, 4.69) is 44.4 Å². The first kappa shape index (κ1) is 14.7. The van der Waals surface area contributed by atoms with Crippen LogP contribution < -0.4 is 5.90 Å². The molecule has 0 heterocycles. The van der Waals surface area contributed by atoms with Crippen molar-refractivity contribution in [1.82, 2.24) is 0 Å². The van der Waals surface area contributed by atoms with Crippen LogP contribution in [0, 0.1) is 5.92 Å². The summed E-state index contributed by atoms with van der Waals surface area (Å²) in [7, 11) is 0. The number of hydrogen-bond acceptors (Lipinski definition) is 2. The zero-order chi connectivity index (χ0) is 13.5. The van der Waals surface area contributed by atoms with Gasteiger partial charge in [0.15, 0.2) is 6.04 Å². The van der Waals surface area contributed by atoms with Gasteiger partial charge in [-0.05, 0) is 0 Å². The first-order chi connectivity index (χ1) is 8.65. The Morgan fingerprint density at radius 3 is 2.22 bits per heavy atom. The molecule has 0 aliphatic heterocycles. The average molecular weight is 249 g/mol. The maximum Gasteiger partial charge on any atom is 0.360 e. The van der Waals surface area contributed by atoms with Gasteiger partial charge < -0.3 is 4.84 Å². The maximum atomic E-state index is 5.44. The first-order valence-electron chi connectivity index (χ1n) is 6.72. The Morgan fingerprint density at radius 2 is 1.83 bits per heavy atom. The average Bonchev–Trinajstić information content (AvgIpc) is 2.39. The van der Waals surface area contributed by atoms with E-state index in [0.717, 1.165) is 24.4 Å². The molecule has 3 nitrogen and oxygen atoms in total. The third-order valence-electron chi connectivity index (χ3n) is 3.26. The summed E-state index contributed by atoms with van der Waals surface area (Å²) in [5, 5.41) is 0. The molecule has 1 rings (SSSR count). The minimum absolute atomic E-state index is 0.394. The summed E-state index contributed by atoms with van der Waals surface area (Å²) < 4.78 is 2.23. The van der Waals surface area contributed by atoms with Crippen molar-refractivity contribution in [2.24, 2.45) is 11.8 Å². The predicted octanol–water partition coefficient (Wildman–Crippen LogP) is 3.46. The van der Waals surface area contributed by atoms with Gasteiger partial charge in [0, 0.05) is 24.5 Å². The molecule has 0 fully saturated rings. The Kier molecular flexibility index (Phi) is 5.86. The van der Waals surface area contributed by atoms with Gasteiger partial charge in [-0.3, -0.25) is 0 Å². The van der Waals surface area contributed by atoms with E-state index in [0.29, 0.717) is 12.0 Å². The van der Waals surface area contributed by atoms with Gasteiger partial charge >= 0.3 is 5.90 Å². The van der Waals surface area contributed by atoms with Gasteiger partial charge in [-0.15, -0.1) is 0 Å². The molecule has 1 atom stereocenters. The summed E-state index contributed by atoms with van der Waals surface area (Å²) in [6, 6.07) is 10.7. The summed E-state index contributed by atoms with van der Waals surface area (Å²) in [5.74, 6) is 6.79. The van der Waals surface area contributed by atoms with Crippen molar-refractivity contribution in [3.63, 3.8) is 0 Å². The zero-order valence-corrected chi connectivity index (χ0v) is 11.9. The molecule has 1 aromatic carbocycles. The number of nitrogens with two attached hydrogens (primary N) is 1. The van der Waals surface area contributed by atoms with E-state index in [1.165, 1.54) is 0 Å². The smallest absolute Gasteiger partial charge is 0.355 e. The molecule has 0 bridgehead atoms. The molecule has 0 saturated heterocycles. The molecule has 18 heavy (non-hydrogen) atoms. The van der Waals surface area contributed by atoms with Crippen LogP contribution in [0.4, 0.5) is 5.69 Å². The van der Waals surface area contributed by atoms with Gasteiger partial charge in [0.25, 0.3) is 0 Å². The fourth-order valence-electron chi connectivity index (χ4n) is 2.37. The fraction of sp³-hybridized carbons (Fsp3) is 0.533.